The molecule has 0 aromatic carbocycles. The van der Waals surface area contributed by atoms with Crippen LogP contribution in [0.4, 0.5) is 0 Å². The number of likely N-dealkylation sites (N-methyl/N-ethyl adjacent to an activating group) is 1. The molecule has 1 atom stereocenters. The van der Waals surface area contributed by atoms with Crippen LogP contribution in [-0.2, 0) is 0 Å². The smallest absolute Gasteiger partial charge is 0.0221 e. The molecular weight excluding hydrogens is 192 g/mol. The molecule has 1 unspecified atom stereocenters. The second-order valence-corrected chi connectivity index (χ2v) is 4.93. The first-order chi connectivity index (χ1) is 6.67. The van der Waals surface area contributed by atoms with Crippen molar-refractivity contribution < 1.29 is 0 Å². The van der Waals surface area contributed by atoms with Crippen molar-refractivity contribution in [2.24, 2.45) is 5.73 Å². The van der Waals surface area contributed by atoms with E-state index in [0.29, 0.717) is 12.1 Å². The SMILES string of the molecule is CCN(C(C)C)C(CN)CCCSC. The molecule has 2 N–H and O–H groups in total. The van der Waals surface area contributed by atoms with Gasteiger partial charge >= 0.3 is 0 Å². The van der Waals surface area contributed by atoms with Gasteiger partial charge in [0.15, 0.2) is 0 Å². The summed E-state index contributed by atoms with van der Waals surface area (Å²) < 4.78 is 0. The van der Waals surface area contributed by atoms with Gasteiger partial charge in [0.25, 0.3) is 0 Å². The Morgan fingerprint density at radius 1 is 1.36 bits per heavy atom. The van der Waals surface area contributed by atoms with Crippen molar-refractivity contribution in [3.63, 3.8) is 0 Å². The molecule has 3 heteroatoms. The van der Waals surface area contributed by atoms with E-state index in [-0.39, 0.29) is 0 Å². The monoisotopic (exact) mass is 218 g/mol. The van der Waals surface area contributed by atoms with Crippen molar-refractivity contribution in [2.75, 3.05) is 25.1 Å². The molecular formula is C11H26N2S. The Hall–Kier alpha value is 0.270. The van der Waals surface area contributed by atoms with Crippen LogP contribution in [-0.4, -0.2) is 42.1 Å². The summed E-state index contributed by atoms with van der Waals surface area (Å²) in [4.78, 5) is 2.50. The Kier molecular flexibility index (Phi) is 8.73. The quantitative estimate of drug-likeness (QED) is 0.633. The van der Waals surface area contributed by atoms with Crippen molar-refractivity contribution in [1.82, 2.24) is 4.90 Å². The molecule has 2 nitrogen and oxygen atoms in total. The fourth-order valence-corrected chi connectivity index (χ4v) is 2.38. The topological polar surface area (TPSA) is 29.3 Å². The minimum atomic E-state index is 0.576. The third-order valence-corrected chi connectivity index (χ3v) is 3.35. The molecule has 0 aliphatic heterocycles. The van der Waals surface area contributed by atoms with Crippen LogP contribution in [0.1, 0.15) is 33.6 Å². The van der Waals surface area contributed by atoms with Crippen LogP contribution in [0.5, 0.6) is 0 Å². The van der Waals surface area contributed by atoms with Gasteiger partial charge in [0.05, 0.1) is 0 Å². The maximum Gasteiger partial charge on any atom is 0.0221 e. The van der Waals surface area contributed by atoms with Crippen LogP contribution >= 0.6 is 11.8 Å². The van der Waals surface area contributed by atoms with Gasteiger partial charge in [-0.3, -0.25) is 4.90 Å². The summed E-state index contributed by atoms with van der Waals surface area (Å²) in [5, 5.41) is 0. The first-order valence-electron chi connectivity index (χ1n) is 5.62. The van der Waals surface area contributed by atoms with Crippen LogP contribution in [0.15, 0.2) is 0 Å². The lowest BCUT2D eigenvalue weighted by Gasteiger charge is -2.33. The van der Waals surface area contributed by atoms with E-state index in [0.717, 1.165) is 13.1 Å². The maximum absolute atomic E-state index is 5.82. The Balaban J connectivity index is 3.95. The summed E-state index contributed by atoms with van der Waals surface area (Å²) in [6.45, 7) is 8.62. The largest absolute Gasteiger partial charge is 0.329 e. The first kappa shape index (κ1) is 14.3. The van der Waals surface area contributed by atoms with Crippen molar-refractivity contribution in [3.8, 4) is 0 Å². The van der Waals surface area contributed by atoms with Gasteiger partial charge in [-0.25, -0.2) is 0 Å². The van der Waals surface area contributed by atoms with Gasteiger partial charge < -0.3 is 5.73 Å². The van der Waals surface area contributed by atoms with Crippen molar-refractivity contribution in [1.29, 1.82) is 0 Å². The molecule has 0 rings (SSSR count). The molecule has 0 bridgehead atoms. The number of nitrogens with zero attached hydrogens (tertiary/aromatic N) is 1. The van der Waals surface area contributed by atoms with E-state index < -0.39 is 0 Å². The highest BCUT2D eigenvalue weighted by molar-refractivity contribution is 7.98. The van der Waals surface area contributed by atoms with E-state index in [1.807, 2.05) is 11.8 Å². The summed E-state index contributed by atoms with van der Waals surface area (Å²) in [5.74, 6) is 1.26. The van der Waals surface area contributed by atoms with E-state index in [2.05, 4.69) is 31.9 Å². The van der Waals surface area contributed by atoms with E-state index in [9.17, 15) is 0 Å². The van der Waals surface area contributed by atoms with Gasteiger partial charge in [0, 0.05) is 18.6 Å². The molecule has 0 aliphatic rings. The predicted molar refractivity (Wildman–Crippen MR) is 68.0 cm³/mol. The van der Waals surface area contributed by atoms with Gasteiger partial charge in [-0.2, -0.15) is 11.8 Å². The number of thioether (sulfide) groups is 1. The molecule has 0 saturated heterocycles. The predicted octanol–water partition coefficient (Wildman–Crippen LogP) is 2.19. The molecule has 0 heterocycles. The second-order valence-electron chi connectivity index (χ2n) is 3.95. The normalized spacial score (nSPS) is 13.9. The Morgan fingerprint density at radius 2 is 2.00 bits per heavy atom. The third-order valence-electron chi connectivity index (χ3n) is 2.66. The number of nitrogens with two attached hydrogens (primary N) is 1. The van der Waals surface area contributed by atoms with E-state index >= 15 is 0 Å². The highest BCUT2D eigenvalue weighted by Crippen LogP contribution is 2.11. The zero-order valence-electron chi connectivity index (χ0n) is 10.1. The molecule has 0 saturated carbocycles. The number of rotatable bonds is 8. The third kappa shape index (κ3) is 5.23. The Bertz CT molecular complexity index is 128. The fraction of sp³-hybridized carbons (Fsp3) is 1.00. The zero-order chi connectivity index (χ0) is 11.0. The van der Waals surface area contributed by atoms with Crippen molar-refractivity contribution >= 4 is 11.8 Å². The standard InChI is InChI=1S/C11H26N2S/c1-5-13(10(2)3)11(9-12)7-6-8-14-4/h10-11H,5-9,12H2,1-4H3. The van der Waals surface area contributed by atoms with E-state index in [1.54, 1.807) is 0 Å². The second kappa shape index (κ2) is 8.57. The molecule has 0 fully saturated rings. The molecule has 86 valence electrons. The number of hydrogen-bond donors (Lipinski definition) is 1. The molecule has 14 heavy (non-hydrogen) atoms. The van der Waals surface area contributed by atoms with E-state index in [4.69, 9.17) is 5.73 Å². The zero-order valence-corrected chi connectivity index (χ0v) is 10.9. The van der Waals surface area contributed by atoms with Crippen LogP contribution in [0, 0.1) is 0 Å². The van der Waals surface area contributed by atoms with Gasteiger partial charge in [-0.1, -0.05) is 6.92 Å². The minimum Gasteiger partial charge on any atom is -0.329 e. The molecule has 0 amide bonds. The van der Waals surface area contributed by atoms with Gasteiger partial charge in [0.1, 0.15) is 0 Å². The highest BCUT2D eigenvalue weighted by atomic mass is 32.2. The fourth-order valence-electron chi connectivity index (χ4n) is 1.93. The lowest BCUT2D eigenvalue weighted by atomic mass is 10.1. The Labute approximate surface area is 93.6 Å². The van der Waals surface area contributed by atoms with E-state index in [1.165, 1.54) is 18.6 Å². The average molecular weight is 218 g/mol. The summed E-state index contributed by atoms with van der Waals surface area (Å²) in [6, 6.07) is 1.19. The summed E-state index contributed by atoms with van der Waals surface area (Å²) in [5.41, 5.74) is 5.82. The molecule has 0 radical (unpaired) electrons. The molecule has 0 spiro atoms. The molecule has 0 aliphatic carbocycles. The van der Waals surface area contributed by atoms with Gasteiger partial charge in [-0.15, -0.1) is 0 Å². The lowest BCUT2D eigenvalue weighted by Crippen LogP contribution is -2.44. The average Bonchev–Trinajstić information content (AvgIpc) is 2.16. The molecule has 0 aromatic heterocycles. The summed E-state index contributed by atoms with van der Waals surface area (Å²) in [6.07, 6.45) is 4.69. The van der Waals surface area contributed by atoms with Crippen molar-refractivity contribution in [2.45, 2.75) is 45.7 Å². The lowest BCUT2D eigenvalue weighted by molar-refractivity contribution is 0.157. The van der Waals surface area contributed by atoms with Crippen LogP contribution in [0.25, 0.3) is 0 Å². The van der Waals surface area contributed by atoms with Gasteiger partial charge in [0.2, 0.25) is 0 Å². The van der Waals surface area contributed by atoms with Crippen LogP contribution in [0.2, 0.25) is 0 Å². The Morgan fingerprint density at radius 3 is 2.36 bits per heavy atom. The van der Waals surface area contributed by atoms with Crippen molar-refractivity contribution in [3.05, 3.63) is 0 Å². The summed E-state index contributed by atoms with van der Waals surface area (Å²) >= 11 is 1.92. The van der Waals surface area contributed by atoms with Crippen LogP contribution in [0.3, 0.4) is 0 Å². The maximum atomic E-state index is 5.82. The number of hydrogen-bond acceptors (Lipinski definition) is 3. The highest BCUT2D eigenvalue weighted by Gasteiger charge is 2.17. The minimum absolute atomic E-state index is 0.576. The first-order valence-corrected chi connectivity index (χ1v) is 7.01. The summed E-state index contributed by atoms with van der Waals surface area (Å²) in [7, 11) is 0. The van der Waals surface area contributed by atoms with Crippen LogP contribution < -0.4 is 5.73 Å². The van der Waals surface area contributed by atoms with Gasteiger partial charge in [-0.05, 0) is 45.2 Å². The molecule has 0 aromatic rings.